The van der Waals surface area contributed by atoms with Gasteiger partial charge in [0.05, 0.1) is 6.61 Å². The monoisotopic (exact) mass is 298 g/mol. The number of rotatable bonds is 5. The summed E-state index contributed by atoms with van der Waals surface area (Å²) in [6, 6.07) is 13.9. The van der Waals surface area contributed by atoms with E-state index in [4.69, 9.17) is 5.11 Å². The Morgan fingerprint density at radius 2 is 1.36 bits per heavy atom. The van der Waals surface area contributed by atoms with Gasteiger partial charge in [0.2, 0.25) is 0 Å². The van der Waals surface area contributed by atoms with Crippen molar-refractivity contribution in [1.82, 2.24) is 0 Å². The summed E-state index contributed by atoms with van der Waals surface area (Å²) < 4.78 is 0. The van der Waals surface area contributed by atoms with Crippen LogP contribution in [0.25, 0.3) is 0 Å². The average Bonchev–Trinajstić information content (AvgIpc) is 2.53. The van der Waals surface area contributed by atoms with Gasteiger partial charge < -0.3 is 10.2 Å². The van der Waals surface area contributed by atoms with Crippen LogP contribution in [0.5, 0.6) is 0 Å². The van der Waals surface area contributed by atoms with E-state index in [2.05, 4.69) is 45.9 Å². The van der Waals surface area contributed by atoms with Crippen molar-refractivity contribution in [3.8, 4) is 0 Å². The highest BCUT2D eigenvalue weighted by Crippen LogP contribution is 2.32. The molecule has 2 heteroatoms. The Kier molecular flexibility index (Phi) is 5.38. The molecule has 0 heterocycles. The fourth-order valence-corrected chi connectivity index (χ4v) is 2.69. The highest BCUT2D eigenvalue weighted by molar-refractivity contribution is 5.41. The summed E-state index contributed by atoms with van der Waals surface area (Å²) in [7, 11) is 0. The second kappa shape index (κ2) is 7.08. The summed E-state index contributed by atoms with van der Waals surface area (Å²) in [4.78, 5) is 0. The van der Waals surface area contributed by atoms with Gasteiger partial charge in [0.15, 0.2) is 0 Å². The van der Waals surface area contributed by atoms with Gasteiger partial charge in [-0.25, -0.2) is 0 Å². The van der Waals surface area contributed by atoms with Crippen molar-refractivity contribution < 1.29 is 10.2 Å². The van der Waals surface area contributed by atoms with Crippen molar-refractivity contribution in [2.45, 2.75) is 52.2 Å². The minimum absolute atomic E-state index is 0.0245. The van der Waals surface area contributed by atoms with Crippen LogP contribution in [-0.4, -0.2) is 10.2 Å². The Bertz CT molecular complexity index is 612. The van der Waals surface area contributed by atoms with Crippen LogP contribution in [0, 0.1) is 0 Å². The molecule has 2 N–H and O–H groups in total. The predicted octanol–water partition coefficient (Wildman–Crippen LogP) is 4.51. The Hall–Kier alpha value is -1.64. The molecule has 2 aromatic rings. The lowest BCUT2D eigenvalue weighted by atomic mass is 9.87. The lowest BCUT2D eigenvalue weighted by molar-refractivity contribution is 0.218. The van der Waals surface area contributed by atoms with E-state index in [1.807, 2.05) is 24.3 Å². The number of aliphatic hydroxyl groups excluding tert-OH is 2. The van der Waals surface area contributed by atoms with Crippen molar-refractivity contribution in [3.05, 3.63) is 70.3 Å². The molecule has 0 aliphatic carbocycles. The molecule has 0 bridgehead atoms. The summed E-state index contributed by atoms with van der Waals surface area (Å²) in [6.07, 6.45) is -0.633. The molecule has 2 nitrogen and oxygen atoms in total. The van der Waals surface area contributed by atoms with E-state index in [9.17, 15) is 5.11 Å². The molecular formula is C20H26O2. The van der Waals surface area contributed by atoms with E-state index in [0.29, 0.717) is 11.8 Å². The zero-order valence-electron chi connectivity index (χ0n) is 13.9. The maximum absolute atomic E-state index is 10.8. The van der Waals surface area contributed by atoms with Gasteiger partial charge in [-0.1, -0.05) is 70.2 Å². The van der Waals surface area contributed by atoms with Crippen LogP contribution in [-0.2, 0) is 6.61 Å². The summed E-state index contributed by atoms with van der Waals surface area (Å²) >= 11 is 0. The van der Waals surface area contributed by atoms with Crippen LogP contribution in [0.4, 0.5) is 0 Å². The molecule has 0 saturated carbocycles. The van der Waals surface area contributed by atoms with Gasteiger partial charge in [0.25, 0.3) is 0 Å². The molecule has 0 aliphatic heterocycles. The summed E-state index contributed by atoms with van der Waals surface area (Å²) in [5.41, 5.74) is 5.18. The van der Waals surface area contributed by atoms with Crippen molar-refractivity contribution >= 4 is 0 Å². The van der Waals surface area contributed by atoms with Gasteiger partial charge in [-0.2, -0.15) is 0 Å². The van der Waals surface area contributed by atoms with Crippen molar-refractivity contribution in [1.29, 1.82) is 0 Å². The van der Waals surface area contributed by atoms with Crippen molar-refractivity contribution in [2.24, 2.45) is 0 Å². The molecular weight excluding hydrogens is 272 g/mol. The van der Waals surface area contributed by atoms with E-state index in [0.717, 1.165) is 16.7 Å². The minimum atomic E-state index is -0.633. The quantitative estimate of drug-likeness (QED) is 0.852. The highest BCUT2D eigenvalue weighted by Gasteiger charge is 2.17. The van der Waals surface area contributed by atoms with Crippen LogP contribution >= 0.6 is 0 Å². The predicted molar refractivity (Wildman–Crippen MR) is 91.0 cm³/mol. The number of aliphatic hydroxyl groups is 2. The number of hydrogen-bond donors (Lipinski definition) is 2. The molecule has 0 saturated heterocycles. The maximum atomic E-state index is 10.8. The molecule has 2 rings (SSSR count). The summed E-state index contributed by atoms with van der Waals surface area (Å²) in [5, 5.41) is 19.9. The van der Waals surface area contributed by atoms with Crippen LogP contribution in [0.2, 0.25) is 0 Å². The SMILES string of the molecule is CC(C)c1ccc(C(O)c2ccc(CO)cc2)c(C(C)C)c1. The molecule has 2 aromatic carbocycles. The first-order valence-corrected chi connectivity index (χ1v) is 7.95. The van der Waals surface area contributed by atoms with Crippen LogP contribution in [0.15, 0.2) is 42.5 Å². The first-order chi connectivity index (χ1) is 10.4. The second-order valence-corrected chi connectivity index (χ2v) is 6.50. The number of hydrogen-bond acceptors (Lipinski definition) is 2. The molecule has 1 unspecified atom stereocenters. The minimum Gasteiger partial charge on any atom is -0.392 e. The van der Waals surface area contributed by atoms with Gasteiger partial charge in [0.1, 0.15) is 6.10 Å². The van der Waals surface area contributed by atoms with E-state index < -0.39 is 6.10 Å². The Balaban J connectivity index is 2.41. The molecule has 118 valence electrons. The lowest BCUT2D eigenvalue weighted by Gasteiger charge is -2.20. The largest absolute Gasteiger partial charge is 0.392 e. The van der Waals surface area contributed by atoms with Crippen molar-refractivity contribution in [3.63, 3.8) is 0 Å². The molecule has 0 radical (unpaired) electrons. The third-order valence-electron chi connectivity index (χ3n) is 4.17. The van der Waals surface area contributed by atoms with Crippen LogP contribution in [0.3, 0.4) is 0 Å². The van der Waals surface area contributed by atoms with Gasteiger partial charge in [0, 0.05) is 0 Å². The molecule has 22 heavy (non-hydrogen) atoms. The van der Waals surface area contributed by atoms with E-state index >= 15 is 0 Å². The first-order valence-electron chi connectivity index (χ1n) is 7.95. The zero-order chi connectivity index (χ0) is 16.3. The molecule has 0 aliphatic rings. The third-order valence-corrected chi connectivity index (χ3v) is 4.17. The third kappa shape index (κ3) is 3.57. The van der Waals surface area contributed by atoms with Crippen LogP contribution in [0.1, 0.15) is 73.5 Å². The van der Waals surface area contributed by atoms with Gasteiger partial charge >= 0.3 is 0 Å². The second-order valence-electron chi connectivity index (χ2n) is 6.50. The Morgan fingerprint density at radius 3 is 1.86 bits per heavy atom. The van der Waals surface area contributed by atoms with E-state index in [1.54, 1.807) is 0 Å². The fraction of sp³-hybridized carbons (Fsp3) is 0.400. The lowest BCUT2D eigenvalue weighted by Crippen LogP contribution is -2.06. The Morgan fingerprint density at radius 1 is 0.773 bits per heavy atom. The summed E-state index contributed by atoms with van der Waals surface area (Å²) in [6.45, 7) is 8.71. The first kappa shape index (κ1) is 16.7. The highest BCUT2D eigenvalue weighted by atomic mass is 16.3. The number of benzene rings is 2. The average molecular weight is 298 g/mol. The van der Waals surface area contributed by atoms with Gasteiger partial charge in [-0.3, -0.25) is 0 Å². The molecule has 0 aromatic heterocycles. The molecule has 1 atom stereocenters. The molecule has 0 spiro atoms. The smallest absolute Gasteiger partial charge is 0.104 e. The van der Waals surface area contributed by atoms with Crippen molar-refractivity contribution in [2.75, 3.05) is 0 Å². The fourth-order valence-electron chi connectivity index (χ4n) is 2.69. The molecule has 0 amide bonds. The van der Waals surface area contributed by atoms with Crippen LogP contribution < -0.4 is 0 Å². The van der Waals surface area contributed by atoms with Gasteiger partial charge in [-0.15, -0.1) is 0 Å². The van der Waals surface area contributed by atoms with Gasteiger partial charge in [-0.05, 0) is 39.7 Å². The van der Waals surface area contributed by atoms with E-state index in [-0.39, 0.29) is 6.61 Å². The maximum Gasteiger partial charge on any atom is 0.104 e. The van der Waals surface area contributed by atoms with E-state index in [1.165, 1.54) is 11.1 Å². The molecule has 0 fully saturated rings. The zero-order valence-corrected chi connectivity index (χ0v) is 13.9. The normalized spacial score (nSPS) is 12.9. The Labute approximate surface area is 133 Å². The standard InChI is InChI=1S/C20H26O2/c1-13(2)17-9-10-18(19(11-17)14(3)4)20(22)16-7-5-15(12-21)6-8-16/h5-11,13-14,20-22H,12H2,1-4H3. The summed E-state index contributed by atoms with van der Waals surface area (Å²) in [5.74, 6) is 0.840. The topological polar surface area (TPSA) is 40.5 Å².